The maximum atomic E-state index is 12.4. The Morgan fingerprint density at radius 3 is 2.36 bits per heavy atom. The summed E-state index contributed by atoms with van der Waals surface area (Å²) in [5.41, 5.74) is 2.45. The molecule has 8 heteroatoms. The van der Waals surface area contributed by atoms with Crippen LogP contribution in [0.2, 0.25) is 0 Å². The molecule has 0 saturated carbocycles. The highest BCUT2D eigenvalue weighted by atomic mass is 32.2. The summed E-state index contributed by atoms with van der Waals surface area (Å²) in [5, 5.41) is 3.66. The third kappa shape index (κ3) is 4.90. The summed E-state index contributed by atoms with van der Waals surface area (Å²) in [6.07, 6.45) is 0. The Kier molecular flexibility index (Phi) is 5.97. The van der Waals surface area contributed by atoms with Crippen LogP contribution in [-0.4, -0.2) is 37.5 Å². The highest BCUT2D eigenvalue weighted by Gasteiger charge is 2.24. The van der Waals surface area contributed by atoms with E-state index in [0.29, 0.717) is 12.2 Å². The molecule has 0 saturated heterocycles. The molecule has 2 aromatic rings. The Morgan fingerprint density at radius 2 is 1.84 bits per heavy atom. The van der Waals surface area contributed by atoms with E-state index in [1.807, 2.05) is 31.2 Å². The normalized spacial score (nSPS) is 11.5. The van der Waals surface area contributed by atoms with Gasteiger partial charge in [0.05, 0.1) is 0 Å². The molecule has 1 N–H and O–H groups in total. The van der Waals surface area contributed by atoms with Crippen LogP contribution in [0.4, 0.5) is 0 Å². The molecule has 2 rings (SSSR count). The van der Waals surface area contributed by atoms with Crippen molar-refractivity contribution >= 4 is 15.9 Å². The lowest BCUT2D eigenvalue weighted by molar-refractivity contribution is -0.129. The van der Waals surface area contributed by atoms with E-state index in [2.05, 4.69) is 9.88 Å². The minimum Gasteiger partial charge on any atom is -0.360 e. The number of rotatable bonds is 7. The van der Waals surface area contributed by atoms with Crippen LogP contribution in [0, 0.1) is 20.8 Å². The molecule has 0 unspecified atom stereocenters. The zero-order valence-corrected chi connectivity index (χ0v) is 15.7. The van der Waals surface area contributed by atoms with E-state index in [4.69, 9.17) is 4.52 Å². The fourth-order valence-electron chi connectivity index (χ4n) is 2.51. The third-order valence-electron chi connectivity index (χ3n) is 3.85. The number of hydrogen-bond donors (Lipinski definition) is 1. The van der Waals surface area contributed by atoms with Gasteiger partial charge in [0.2, 0.25) is 15.9 Å². The summed E-state index contributed by atoms with van der Waals surface area (Å²) >= 11 is 0. The first-order valence-corrected chi connectivity index (χ1v) is 9.42. The second kappa shape index (κ2) is 7.79. The molecule has 0 spiro atoms. The standard InChI is InChI=1S/C17H23N3O4S/c1-12-5-7-16(8-6-12)11-20(15(4)21)10-9-18-25(22,23)17-13(2)19-24-14(17)3/h5-8,18H,9-11H2,1-4H3. The van der Waals surface area contributed by atoms with Crippen molar-refractivity contribution in [2.24, 2.45) is 0 Å². The Morgan fingerprint density at radius 1 is 1.20 bits per heavy atom. The Labute approximate surface area is 148 Å². The van der Waals surface area contributed by atoms with Crippen LogP contribution in [0.1, 0.15) is 29.5 Å². The lowest BCUT2D eigenvalue weighted by Gasteiger charge is -2.21. The summed E-state index contributed by atoms with van der Waals surface area (Å²) in [6, 6.07) is 7.88. The fourth-order valence-corrected chi connectivity index (χ4v) is 3.85. The zero-order valence-electron chi connectivity index (χ0n) is 14.9. The molecular formula is C17H23N3O4S. The maximum absolute atomic E-state index is 12.4. The van der Waals surface area contributed by atoms with Crippen LogP contribution < -0.4 is 4.72 Å². The number of hydrogen-bond acceptors (Lipinski definition) is 5. The van der Waals surface area contributed by atoms with Crippen LogP contribution >= 0.6 is 0 Å². The number of aromatic nitrogens is 1. The van der Waals surface area contributed by atoms with E-state index < -0.39 is 10.0 Å². The van der Waals surface area contributed by atoms with Crippen molar-refractivity contribution in [3.63, 3.8) is 0 Å². The molecule has 0 atom stereocenters. The molecule has 0 bridgehead atoms. The van der Waals surface area contributed by atoms with Gasteiger partial charge in [0.15, 0.2) is 5.76 Å². The van der Waals surface area contributed by atoms with Gasteiger partial charge < -0.3 is 9.42 Å². The second-order valence-corrected chi connectivity index (χ2v) is 7.68. The van der Waals surface area contributed by atoms with Crippen LogP contribution in [0.15, 0.2) is 33.7 Å². The van der Waals surface area contributed by atoms with Crippen molar-refractivity contribution in [3.05, 3.63) is 46.8 Å². The van der Waals surface area contributed by atoms with Gasteiger partial charge in [-0.05, 0) is 26.3 Å². The quantitative estimate of drug-likeness (QED) is 0.809. The average molecular weight is 365 g/mol. The molecule has 1 aromatic heterocycles. The van der Waals surface area contributed by atoms with E-state index in [-0.39, 0.29) is 29.7 Å². The third-order valence-corrected chi connectivity index (χ3v) is 5.55. The second-order valence-electron chi connectivity index (χ2n) is 5.98. The molecule has 0 aliphatic rings. The molecule has 7 nitrogen and oxygen atoms in total. The minimum absolute atomic E-state index is 0.0559. The number of carbonyl (C=O) groups excluding carboxylic acids is 1. The maximum Gasteiger partial charge on any atom is 0.246 e. The lowest BCUT2D eigenvalue weighted by Crippen LogP contribution is -2.37. The lowest BCUT2D eigenvalue weighted by atomic mass is 10.1. The summed E-state index contributed by atoms with van der Waals surface area (Å²) in [7, 11) is -3.72. The van der Waals surface area contributed by atoms with Crippen LogP contribution in [0.5, 0.6) is 0 Å². The van der Waals surface area contributed by atoms with Crippen molar-refractivity contribution in [1.29, 1.82) is 0 Å². The molecule has 1 heterocycles. The van der Waals surface area contributed by atoms with Gasteiger partial charge in [0.25, 0.3) is 0 Å². The van der Waals surface area contributed by atoms with E-state index in [9.17, 15) is 13.2 Å². The summed E-state index contributed by atoms with van der Waals surface area (Å²) in [5.74, 6) is 0.130. The number of nitrogens with one attached hydrogen (secondary N) is 1. The Balaban J connectivity index is 1.99. The first-order valence-electron chi connectivity index (χ1n) is 7.94. The van der Waals surface area contributed by atoms with Gasteiger partial charge in [-0.2, -0.15) is 0 Å². The number of sulfonamides is 1. The summed E-state index contributed by atoms with van der Waals surface area (Å²) in [6.45, 7) is 7.40. The Hall–Kier alpha value is -2.19. The highest BCUT2D eigenvalue weighted by Crippen LogP contribution is 2.18. The number of amides is 1. The molecule has 1 amide bonds. The Bertz CT molecular complexity index is 822. The monoisotopic (exact) mass is 365 g/mol. The number of aryl methyl sites for hydroxylation is 3. The van der Waals surface area contributed by atoms with Gasteiger partial charge in [-0.1, -0.05) is 35.0 Å². The molecule has 0 radical (unpaired) electrons. The van der Waals surface area contributed by atoms with E-state index in [0.717, 1.165) is 11.1 Å². The predicted octanol–water partition coefficient (Wildman–Crippen LogP) is 1.93. The van der Waals surface area contributed by atoms with Crippen LogP contribution in [-0.2, 0) is 21.4 Å². The largest absolute Gasteiger partial charge is 0.360 e. The smallest absolute Gasteiger partial charge is 0.246 e. The number of carbonyl (C=O) groups is 1. The topological polar surface area (TPSA) is 92.5 Å². The first kappa shape index (κ1) is 19.1. The van der Waals surface area contributed by atoms with E-state index in [1.165, 1.54) is 6.92 Å². The zero-order chi connectivity index (χ0) is 18.6. The van der Waals surface area contributed by atoms with Crippen molar-refractivity contribution in [2.75, 3.05) is 13.1 Å². The highest BCUT2D eigenvalue weighted by molar-refractivity contribution is 7.89. The van der Waals surface area contributed by atoms with Gasteiger partial charge in [0.1, 0.15) is 10.6 Å². The van der Waals surface area contributed by atoms with E-state index >= 15 is 0 Å². The van der Waals surface area contributed by atoms with Gasteiger partial charge >= 0.3 is 0 Å². The van der Waals surface area contributed by atoms with Crippen LogP contribution in [0.25, 0.3) is 0 Å². The number of nitrogens with zero attached hydrogens (tertiary/aromatic N) is 2. The molecule has 0 fully saturated rings. The van der Waals surface area contributed by atoms with E-state index in [1.54, 1.807) is 18.7 Å². The molecule has 136 valence electrons. The van der Waals surface area contributed by atoms with Gasteiger partial charge in [-0.25, -0.2) is 13.1 Å². The van der Waals surface area contributed by atoms with Crippen LogP contribution in [0.3, 0.4) is 0 Å². The summed E-state index contributed by atoms with van der Waals surface area (Å²) < 4.78 is 32.1. The SMILES string of the molecule is CC(=O)N(CCNS(=O)(=O)c1c(C)noc1C)Cc1ccc(C)cc1. The molecular weight excluding hydrogens is 342 g/mol. The van der Waals surface area contributed by atoms with Gasteiger partial charge in [0, 0.05) is 26.6 Å². The summed E-state index contributed by atoms with van der Waals surface area (Å²) in [4.78, 5) is 13.5. The van der Waals surface area contributed by atoms with Crippen molar-refractivity contribution in [3.8, 4) is 0 Å². The molecule has 25 heavy (non-hydrogen) atoms. The van der Waals surface area contributed by atoms with Gasteiger partial charge in [-0.15, -0.1) is 0 Å². The molecule has 0 aliphatic heterocycles. The predicted molar refractivity (Wildman–Crippen MR) is 93.4 cm³/mol. The van der Waals surface area contributed by atoms with Crippen molar-refractivity contribution in [1.82, 2.24) is 14.8 Å². The minimum atomic E-state index is -3.72. The van der Waals surface area contributed by atoms with Crippen molar-refractivity contribution < 1.29 is 17.7 Å². The average Bonchev–Trinajstić information content (AvgIpc) is 2.87. The van der Waals surface area contributed by atoms with Crippen molar-refractivity contribution in [2.45, 2.75) is 39.1 Å². The first-order chi connectivity index (χ1) is 11.7. The fraction of sp³-hybridized carbons (Fsp3) is 0.412. The van der Waals surface area contributed by atoms with Gasteiger partial charge in [-0.3, -0.25) is 4.79 Å². The molecule has 0 aliphatic carbocycles. The number of benzene rings is 1. The molecule has 1 aromatic carbocycles.